The van der Waals surface area contributed by atoms with Crippen LogP contribution in [0, 0.1) is 0 Å². The number of rotatable bonds is 14. The van der Waals surface area contributed by atoms with Gasteiger partial charge in [0.2, 0.25) is 0 Å². The second kappa shape index (κ2) is 22.2. The Hall–Kier alpha value is -0.0265. The van der Waals surface area contributed by atoms with E-state index in [1.807, 2.05) is 48.5 Å². The molecule has 34 heavy (non-hydrogen) atoms. The fourth-order valence-electron chi connectivity index (χ4n) is 3.83. The van der Waals surface area contributed by atoms with E-state index in [9.17, 15) is 0 Å². The van der Waals surface area contributed by atoms with E-state index in [-0.39, 0.29) is 0 Å². The first-order valence-corrected chi connectivity index (χ1v) is 15.7. The molecule has 2 aromatic rings. The third-order valence-electron chi connectivity index (χ3n) is 5.86. The van der Waals surface area contributed by atoms with Crippen LogP contribution in [0.4, 0.5) is 0 Å². The van der Waals surface area contributed by atoms with Crippen LogP contribution in [0.2, 0.25) is 0 Å². The van der Waals surface area contributed by atoms with Crippen LogP contribution in [0.5, 0.6) is 0 Å². The van der Waals surface area contributed by atoms with Crippen LogP contribution in [0.25, 0.3) is 0 Å². The van der Waals surface area contributed by atoms with Crippen molar-refractivity contribution in [1.29, 1.82) is 0 Å². The van der Waals surface area contributed by atoms with Gasteiger partial charge in [0.1, 0.15) is 0 Å². The van der Waals surface area contributed by atoms with E-state index in [0.29, 0.717) is 0 Å². The van der Waals surface area contributed by atoms with Gasteiger partial charge in [-0.05, 0) is 47.6 Å². The van der Waals surface area contributed by atoms with Gasteiger partial charge < -0.3 is 29.7 Å². The fourth-order valence-corrected chi connectivity index (χ4v) is 5.24. The molecular weight excluding hydrogens is 541 g/mol. The van der Waals surface area contributed by atoms with E-state index in [1.54, 1.807) is 11.8 Å². The predicted molar refractivity (Wildman–Crippen MR) is 153 cm³/mol. The van der Waals surface area contributed by atoms with Crippen molar-refractivity contribution >= 4 is 47.2 Å². The number of hydrogen-bond donors (Lipinski definition) is 0. The molecule has 0 saturated carbocycles. The minimum atomic E-state index is 0.876. The number of nitrogens with zero attached hydrogens (tertiary/aromatic N) is 1. The maximum absolute atomic E-state index is 5.24. The van der Waals surface area contributed by atoms with Gasteiger partial charge in [0, 0.05) is 0 Å². The number of benzene rings is 2. The number of quaternary nitrogens is 1. The molecule has 0 aromatic heterocycles. The molecule has 6 heteroatoms. The summed E-state index contributed by atoms with van der Waals surface area (Å²) in [4.78, 5) is 3.93. The van der Waals surface area contributed by atoms with Gasteiger partial charge in [-0.2, -0.15) is 9.79 Å². The van der Waals surface area contributed by atoms with Crippen molar-refractivity contribution in [3.8, 4) is 0 Å². The van der Waals surface area contributed by atoms with Gasteiger partial charge in [-0.15, -0.1) is 0 Å². The minimum absolute atomic E-state index is 0.876. The molecule has 2 aromatic carbocycles. The first kappa shape index (κ1) is 34.0. The van der Waals surface area contributed by atoms with Crippen molar-refractivity contribution in [2.45, 2.75) is 98.6 Å². The Balaban J connectivity index is 0.000000599. The molecule has 1 nitrogen and oxygen atoms in total. The summed E-state index contributed by atoms with van der Waals surface area (Å²) in [5.41, 5.74) is 0. The second-order valence-electron chi connectivity index (χ2n) is 8.65. The summed E-state index contributed by atoms with van der Waals surface area (Å²) in [5.74, 6) is 0. The minimum Gasteiger partial charge on any atom is -0.779 e. The molecule has 0 saturated heterocycles. The Morgan fingerprint density at radius 2 is 0.912 bits per heavy atom. The molecule has 0 amide bonds. The summed E-state index contributed by atoms with van der Waals surface area (Å²) in [6.07, 6.45) is 11.1. The molecule has 0 aliphatic heterocycles. The van der Waals surface area contributed by atoms with Crippen LogP contribution in [0.15, 0.2) is 68.1 Å². The van der Waals surface area contributed by atoms with E-state index < -0.39 is 0 Å². The third-order valence-corrected chi connectivity index (χ3v) is 7.98. The first-order chi connectivity index (χ1) is 16.5. The number of unbranched alkanes of at least 4 members (excludes halogenated alkanes) is 4. The normalized spacial score (nSPS) is 10.7. The zero-order valence-electron chi connectivity index (χ0n) is 21.5. The molecule has 0 heterocycles. The molecule has 2 rings (SSSR count). The third kappa shape index (κ3) is 14.5. The van der Waals surface area contributed by atoms with E-state index >= 15 is 0 Å². The van der Waals surface area contributed by atoms with Crippen molar-refractivity contribution in [2.24, 2.45) is 0 Å². The summed E-state index contributed by atoms with van der Waals surface area (Å²) < 4.78 is 1.42. The Morgan fingerprint density at radius 3 is 1.18 bits per heavy atom. The van der Waals surface area contributed by atoms with Gasteiger partial charge in [0.15, 0.2) is 0 Å². The van der Waals surface area contributed by atoms with Crippen LogP contribution >= 0.6 is 22.0 Å². The Bertz CT molecular complexity index is 664. The molecular formula is C28H44ClNNiS3-. The molecule has 0 N–H and O–H groups in total. The van der Waals surface area contributed by atoms with Crippen LogP contribution in [-0.2, 0) is 39.8 Å². The Morgan fingerprint density at radius 1 is 0.618 bits per heavy atom. The van der Waals surface area contributed by atoms with Crippen LogP contribution < -0.4 is 0 Å². The quantitative estimate of drug-likeness (QED) is 0.123. The van der Waals surface area contributed by atoms with Crippen molar-refractivity contribution < 1.29 is 19.1 Å². The number of halogens is 1. The average Bonchev–Trinajstić information content (AvgIpc) is 2.87. The molecule has 0 spiro atoms. The van der Waals surface area contributed by atoms with Gasteiger partial charge in [0.05, 0.1) is 26.2 Å². The summed E-state index contributed by atoms with van der Waals surface area (Å²) in [7, 11) is 4.26. The Labute approximate surface area is 238 Å². The first-order valence-electron chi connectivity index (χ1n) is 12.7. The van der Waals surface area contributed by atoms with Gasteiger partial charge in [-0.25, -0.2) is 0 Å². The summed E-state index contributed by atoms with van der Waals surface area (Å²) >= 11 is 15.5. The van der Waals surface area contributed by atoms with Crippen molar-refractivity contribution in [3.05, 3.63) is 48.5 Å². The van der Waals surface area contributed by atoms with Crippen LogP contribution in [-0.4, -0.2) is 30.7 Å². The zero-order valence-corrected chi connectivity index (χ0v) is 25.7. The molecule has 0 aliphatic rings. The molecule has 0 unspecified atom stereocenters. The standard InChI is InChI=1S/C16H36N.C12H10S3.ClH.Ni/c1-5-9-13-17(14-10-6-2,15-11-7-3)16-12-8-4;13-9-5-1-3-7-11(9)15-12-8-4-2-6-10(12)14;;/h5-16H2,1-4H3;1-8,13-14H;1H;/q+1;;;+1/p-3. The Kier molecular flexibility index (Phi) is 22.2. The maximum Gasteiger partial charge on any atom is -0.00700 e. The van der Waals surface area contributed by atoms with E-state index in [0.717, 1.165) is 19.6 Å². The average molecular weight is 585 g/mol. The van der Waals surface area contributed by atoms with E-state index in [1.165, 1.54) is 82.0 Å². The molecule has 197 valence electrons. The zero-order chi connectivity index (χ0) is 25.7. The van der Waals surface area contributed by atoms with E-state index in [2.05, 4.69) is 52.5 Å². The van der Waals surface area contributed by atoms with Crippen molar-refractivity contribution in [2.75, 3.05) is 26.2 Å². The summed E-state index contributed by atoms with van der Waals surface area (Å²) in [6.45, 7) is 15.0. The predicted octanol–water partition coefficient (Wildman–Crippen LogP) is 9.34. The monoisotopic (exact) mass is 583 g/mol. The smallest absolute Gasteiger partial charge is 0.00700 e. The van der Waals surface area contributed by atoms with Gasteiger partial charge in [-0.3, -0.25) is 0 Å². The van der Waals surface area contributed by atoms with Gasteiger partial charge >= 0.3 is 24.8 Å². The van der Waals surface area contributed by atoms with E-state index in [4.69, 9.17) is 25.3 Å². The van der Waals surface area contributed by atoms with Crippen LogP contribution in [0.3, 0.4) is 0 Å². The molecule has 0 bridgehead atoms. The van der Waals surface area contributed by atoms with Crippen LogP contribution in [0.1, 0.15) is 79.1 Å². The summed E-state index contributed by atoms with van der Waals surface area (Å²) in [5, 5.41) is 0. The maximum atomic E-state index is 5.24. The second-order valence-corrected chi connectivity index (χ2v) is 10.6. The van der Waals surface area contributed by atoms with Crippen molar-refractivity contribution in [1.82, 2.24) is 0 Å². The molecule has 0 atom stereocenters. The largest absolute Gasteiger partial charge is 0.779 e. The molecule has 0 fully saturated rings. The molecule has 0 radical (unpaired) electrons. The number of hydrogen-bond acceptors (Lipinski definition) is 3. The SMILES string of the molecule is CCCC[N+](CCCC)(CCCC)CCCC.[Cl][Ni].[S-]c1ccccc1Sc1ccccc1[S-]. The van der Waals surface area contributed by atoms with Gasteiger partial charge in [0.25, 0.3) is 0 Å². The van der Waals surface area contributed by atoms with Crippen molar-refractivity contribution in [3.63, 3.8) is 0 Å². The topological polar surface area (TPSA) is 0 Å². The fraction of sp³-hybridized carbons (Fsp3) is 0.571. The van der Waals surface area contributed by atoms with Gasteiger partial charge in [-0.1, -0.05) is 102 Å². The summed E-state index contributed by atoms with van der Waals surface area (Å²) in [6, 6.07) is 15.8. The molecule has 0 aliphatic carbocycles.